The summed E-state index contributed by atoms with van der Waals surface area (Å²) < 4.78 is 12.1. The lowest BCUT2D eigenvalue weighted by molar-refractivity contribution is -0.144. The second-order valence-corrected chi connectivity index (χ2v) is 14.2. The second-order valence-electron chi connectivity index (χ2n) is 12.9. The third-order valence-electron chi connectivity index (χ3n) is 9.24. The van der Waals surface area contributed by atoms with Crippen LogP contribution in [-0.4, -0.2) is 83.7 Å². The van der Waals surface area contributed by atoms with E-state index >= 15 is 0 Å². The van der Waals surface area contributed by atoms with Crippen molar-refractivity contribution in [1.82, 2.24) is 20.1 Å². The van der Waals surface area contributed by atoms with E-state index in [0.29, 0.717) is 18.0 Å². The molecule has 1 aliphatic rings. The SMILES string of the molecule is CCC(C)C(C(CC(=O)N1CCCC1C(OC)C(C)C(=S)NC(Cc1ccccc1)c1nccs1)OC)N(C)C(=O)CC(C)C. The summed E-state index contributed by atoms with van der Waals surface area (Å²) in [6.45, 7) is 11.1. The lowest BCUT2D eigenvalue weighted by atomic mass is 9.90. The number of thiazole rings is 1. The first kappa shape index (κ1) is 37.1. The molecule has 3 rings (SSSR count). The Morgan fingerprint density at radius 2 is 1.84 bits per heavy atom. The smallest absolute Gasteiger partial charge is 0.225 e. The number of likely N-dealkylation sites (tertiary alicyclic amines) is 1. The summed E-state index contributed by atoms with van der Waals surface area (Å²) in [5.41, 5.74) is 1.21. The van der Waals surface area contributed by atoms with Crippen LogP contribution in [0.25, 0.3) is 0 Å². The van der Waals surface area contributed by atoms with Crippen LogP contribution < -0.4 is 5.32 Å². The first-order valence-corrected chi connectivity index (χ1v) is 17.6. The fourth-order valence-electron chi connectivity index (χ4n) is 6.58. The Balaban J connectivity index is 1.74. The summed E-state index contributed by atoms with van der Waals surface area (Å²) in [6.07, 6.45) is 5.20. The Morgan fingerprint density at radius 3 is 2.42 bits per heavy atom. The van der Waals surface area contributed by atoms with Gasteiger partial charge in [-0.1, -0.05) is 83.6 Å². The van der Waals surface area contributed by atoms with Crippen molar-refractivity contribution in [1.29, 1.82) is 0 Å². The number of methoxy groups -OCH3 is 2. The molecule has 2 heterocycles. The van der Waals surface area contributed by atoms with Crippen molar-refractivity contribution in [3.8, 4) is 0 Å². The Labute approximate surface area is 280 Å². The molecule has 1 saturated heterocycles. The number of ether oxygens (including phenoxy) is 2. The number of nitrogens with one attached hydrogen (secondary N) is 1. The average Bonchev–Trinajstić information content (AvgIpc) is 3.74. The quantitative estimate of drug-likeness (QED) is 0.200. The summed E-state index contributed by atoms with van der Waals surface area (Å²) >= 11 is 7.61. The van der Waals surface area contributed by atoms with E-state index in [-0.39, 0.29) is 60.2 Å². The molecule has 10 heteroatoms. The van der Waals surface area contributed by atoms with E-state index in [4.69, 9.17) is 21.7 Å². The second kappa shape index (κ2) is 18.1. The summed E-state index contributed by atoms with van der Waals surface area (Å²) in [5, 5.41) is 6.57. The number of amides is 2. The topological polar surface area (TPSA) is 84.0 Å². The minimum Gasteiger partial charge on any atom is -0.379 e. The number of carbonyl (C=O) groups is 2. The van der Waals surface area contributed by atoms with E-state index in [1.807, 2.05) is 60.5 Å². The van der Waals surface area contributed by atoms with Crippen LogP contribution in [0, 0.1) is 17.8 Å². The predicted molar refractivity (Wildman–Crippen MR) is 186 cm³/mol. The van der Waals surface area contributed by atoms with Crippen LogP contribution in [0.5, 0.6) is 0 Å². The molecule has 0 saturated carbocycles. The van der Waals surface area contributed by atoms with Crippen LogP contribution in [-0.2, 0) is 25.5 Å². The Bertz CT molecular complexity index is 1200. The molecule has 1 aromatic carbocycles. The van der Waals surface area contributed by atoms with E-state index in [9.17, 15) is 9.59 Å². The molecule has 0 bridgehead atoms. The lowest BCUT2D eigenvalue weighted by Crippen LogP contribution is -2.53. The molecule has 0 aliphatic carbocycles. The highest BCUT2D eigenvalue weighted by atomic mass is 32.1. The first-order valence-electron chi connectivity index (χ1n) is 16.4. The number of likely N-dealkylation sites (N-methyl/N-ethyl adjacent to an activating group) is 1. The minimum absolute atomic E-state index is 0.0280. The van der Waals surface area contributed by atoms with Gasteiger partial charge < -0.3 is 24.6 Å². The van der Waals surface area contributed by atoms with Crippen molar-refractivity contribution in [2.24, 2.45) is 17.8 Å². The zero-order chi connectivity index (χ0) is 33.1. The normalized spacial score (nSPS) is 19.0. The molecule has 7 unspecified atom stereocenters. The number of hydrogen-bond donors (Lipinski definition) is 1. The van der Waals surface area contributed by atoms with Gasteiger partial charge in [-0.15, -0.1) is 11.3 Å². The first-order chi connectivity index (χ1) is 21.5. The Hall–Kier alpha value is -2.40. The number of benzene rings is 1. The van der Waals surface area contributed by atoms with Gasteiger partial charge in [0, 0.05) is 51.7 Å². The molecule has 1 fully saturated rings. The third-order valence-corrected chi connectivity index (χ3v) is 10.6. The number of hydrogen-bond acceptors (Lipinski definition) is 7. The van der Waals surface area contributed by atoms with E-state index in [2.05, 4.69) is 43.2 Å². The van der Waals surface area contributed by atoms with Gasteiger partial charge in [0.05, 0.1) is 41.7 Å². The molecule has 2 aromatic rings. The van der Waals surface area contributed by atoms with Gasteiger partial charge in [-0.3, -0.25) is 9.59 Å². The number of nitrogens with zero attached hydrogens (tertiary/aromatic N) is 3. The summed E-state index contributed by atoms with van der Waals surface area (Å²) in [7, 11) is 5.21. The summed E-state index contributed by atoms with van der Waals surface area (Å²) in [6, 6.07) is 9.98. The third kappa shape index (κ3) is 10.0. The molecule has 8 nitrogen and oxygen atoms in total. The standard InChI is InChI=1S/C35H54N4O4S2/c1-9-24(4)32(38(6)30(40)20-23(2)3)29(42-7)22-31(41)39-18-13-16-28(39)33(43-8)25(5)34(44)37-27(35-36-17-19-45-35)21-26-14-11-10-12-15-26/h10-12,14-15,17,19,23-25,27-29,32-33H,9,13,16,18,20-22H2,1-8H3,(H,37,44). The van der Waals surface area contributed by atoms with Crippen LogP contribution >= 0.6 is 23.6 Å². The molecule has 1 aliphatic heterocycles. The van der Waals surface area contributed by atoms with Crippen molar-refractivity contribution in [3.05, 3.63) is 52.5 Å². The Kier molecular flexibility index (Phi) is 14.9. The molecule has 1 aromatic heterocycles. The maximum Gasteiger partial charge on any atom is 0.225 e. The molecular formula is C35H54N4O4S2. The molecule has 45 heavy (non-hydrogen) atoms. The fourth-order valence-corrected chi connectivity index (χ4v) is 7.54. The maximum absolute atomic E-state index is 14.0. The molecule has 1 N–H and O–H groups in total. The van der Waals surface area contributed by atoms with Crippen molar-refractivity contribution in [3.63, 3.8) is 0 Å². The monoisotopic (exact) mass is 658 g/mol. The van der Waals surface area contributed by atoms with E-state index < -0.39 is 6.10 Å². The molecule has 2 amide bonds. The van der Waals surface area contributed by atoms with Crippen molar-refractivity contribution >= 4 is 40.4 Å². The van der Waals surface area contributed by atoms with E-state index in [1.54, 1.807) is 25.6 Å². The van der Waals surface area contributed by atoms with Crippen LogP contribution in [0.2, 0.25) is 0 Å². The van der Waals surface area contributed by atoms with Gasteiger partial charge in [-0.2, -0.15) is 0 Å². The summed E-state index contributed by atoms with van der Waals surface area (Å²) in [5.74, 6) is 0.415. The molecule has 7 atom stereocenters. The zero-order valence-electron chi connectivity index (χ0n) is 28.4. The number of carbonyl (C=O) groups excluding carboxylic acids is 2. The highest BCUT2D eigenvalue weighted by Crippen LogP contribution is 2.30. The van der Waals surface area contributed by atoms with Crippen LogP contribution in [0.15, 0.2) is 41.9 Å². The van der Waals surface area contributed by atoms with Crippen molar-refractivity contribution in [2.75, 3.05) is 27.8 Å². The lowest BCUT2D eigenvalue weighted by Gasteiger charge is -2.39. The van der Waals surface area contributed by atoms with Crippen molar-refractivity contribution in [2.45, 2.75) is 103 Å². The van der Waals surface area contributed by atoms with E-state index in [0.717, 1.165) is 30.7 Å². The zero-order valence-corrected chi connectivity index (χ0v) is 30.0. The van der Waals surface area contributed by atoms with Gasteiger partial charge >= 0.3 is 0 Å². The largest absolute Gasteiger partial charge is 0.379 e. The van der Waals surface area contributed by atoms with E-state index in [1.165, 1.54) is 5.56 Å². The van der Waals surface area contributed by atoms with Crippen LogP contribution in [0.3, 0.4) is 0 Å². The molecule has 0 radical (unpaired) electrons. The van der Waals surface area contributed by atoms with Gasteiger partial charge in [-0.25, -0.2) is 4.98 Å². The average molecular weight is 659 g/mol. The van der Waals surface area contributed by atoms with Crippen LogP contribution in [0.1, 0.15) is 83.3 Å². The van der Waals surface area contributed by atoms with Gasteiger partial charge in [-0.05, 0) is 36.7 Å². The predicted octanol–water partition coefficient (Wildman–Crippen LogP) is 6.31. The highest BCUT2D eigenvalue weighted by molar-refractivity contribution is 7.80. The van der Waals surface area contributed by atoms with Gasteiger partial charge in [0.15, 0.2) is 0 Å². The maximum atomic E-state index is 14.0. The molecular weight excluding hydrogens is 605 g/mol. The van der Waals surface area contributed by atoms with Gasteiger partial charge in [0.2, 0.25) is 11.8 Å². The van der Waals surface area contributed by atoms with Gasteiger partial charge in [0.25, 0.3) is 0 Å². The number of rotatable bonds is 17. The summed E-state index contributed by atoms with van der Waals surface area (Å²) in [4.78, 5) is 36.1. The number of aromatic nitrogens is 1. The van der Waals surface area contributed by atoms with Crippen LogP contribution in [0.4, 0.5) is 0 Å². The number of thiocarbonyl (C=S) groups is 1. The molecule has 0 spiro atoms. The fraction of sp³-hybridized carbons (Fsp3) is 0.657. The van der Waals surface area contributed by atoms with Crippen molar-refractivity contribution < 1.29 is 19.1 Å². The van der Waals surface area contributed by atoms with Gasteiger partial charge in [0.1, 0.15) is 5.01 Å². The minimum atomic E-state index is -0.409. The Morgan fingerprint density at radius 1 is 1.13 bits per heavy atom. The molecule has 250 valence electrons. The highest BCUT2D eigenvalue weighted by Gasteiger charge is 2.41.